The second-order valence-corrected chi connectivity index (χ2v) is 4.35. The van der Waals surface area contributed by atoms with Crippen LogP contribution in [-0.4, -0.2) is 15.0 Å². The number of nitrogens with two attached hydrogens (primary N) is 1. The number of benzene rings is 1. The number of hydrogen-bond acceptors (Lipinski definition) is 5. The van der Waals surface area contributed by atoms with Gasteiger partial charge in [-0.3, -0.25) is 4.98 Å². The van der Waals surface area contributed by atoms with Crippen LogP contribution in [0.2, 0.25) is 5.02 Å². The molecule has 0 atom stereocenters. The van der Waals surface area contributed by atoms with Gasteiger partial charge in [-0.05, 0) is 24.3 Å². The van der Waals surface area contributed by atoms with E-state index in [1.165, 1.54) is 6.33 Å². The van der Waals surface area contributed by atoms with E-state index < -0.39 is 0 Å². The molecular weight excluding hydrogens is 262 g/mol. The monoisotopic (exact) mass is 271 g/mol. The van der Waals surface area contributed by atoms with Gasteiger partial charge in [-0.2, -0.15) is 0 Å². The highest BCUT2D eigenvalue weighted by Gasteiger charge is 2.07. The molecule has 19 heavy (non-hydrogen) atoms. The van der Waals surface area contributed by atoms with Gasteiger partial charge in [0.2, 0.25) is 0 Å². The Morgan fingerprint density at radius 1 is 1.16 bits per heavy atom. The van der Waals surface area contributed by atoms with E-state index >= 15 is 0 Å². The normalized spacial score (nSPS) is 10.6. The topological polar surface area (TPSA) is 76.7 Å². The number of nitrogens with zero attached hydrogens (tertiary/aromatic N) is 3. The Balaban J connectivity index is 2.12. The zero-order valence-corrected chi connectivity index (χ0v) is 10.6. The predicted octanol–water partition coefficient (Wildman–Crippen LogP) is 3.00. The van der Waals surface area contributed by atoms with Gasteiger partial charge in [-0.25, -0.2) is 9.97 Å². The molecule has 0 saturated carbocycles. The quantitative estimate of drug-likeness (QED) is 0.749. The van der Waals surface area contributed by atoms with Gasteiger partial charge < -0.3 is 11.1 Å². The van der Waals surface area contributed by atoms with Crippen LogP contribution in [0.25, 0.3) is 10.9 Å². The summed E-state index contributed by atoms with van der Waals surface area (Å²) in [6, 6.07) is 7.42. The van der Waals surface area contributed by atoms with Crippen LogP contribution in [0.3, 0.4) is 0 Å². The molecule has 0 aliphatic heterocycles. The van der Waals surface area contributed by atoms with Crippen LogP contribution < -0.4 is 11.1 Å². The molecule has 0 amide bonds. The summed E-state index contributed by atoms with van der Waals surface area (Å²) >= 11 is 6.15. The summed E-state index contributed by atoms with van der Waals surface area (Å²) in [5, 5.41) is 4.68. The van der Waals surface area contributed by atoms with E-state index in [1.54, 1.807) is 12.4 Å². The zero-order chi connectivity index (χ0) is 13.2. The van der Waals surface area contributed by atoms with Crippen molar-refractivity contribution in [1.29, 1.82) is 0 Å². The lowest BCUT2D eigenvalue weighted by atomic mass is 10.2. The van der Waals surface area contributed by atoms with Gasteiger partial charge in [0.25, 0.3) is 0 Å². The molecule has 0 fully saturated rings. The lowest BCUT2D eigenvalue weighted by Crippen LogP contribution is -2.00. The van der Waals surface area contributed by atoms with Crippen LogP contribution in [0, 0.1) is 0 Å². The highest BCUT2D eigenvalue weighted by molar-refractivity contribution is 6.35. The van der Waals surface area contributed by atoms with E-state index in [2.05, 4.69) is 20.3 Å². The highest BCUT2D eigenvalue weighted by Crippen LogP contribution is 2.30. The first-order chi connectivity index (χ1) is 9.25. The van der Waals surface area contributed by atoms with E-state index in [0.29, 0.717) is 16.5 Å². The van der Waals surface area contributed by atoms with E-state index in [4.69, 9.17) is 17.3 Å². The first kappa shape index (κ1) is 11.7. The largest absolute Gasteiger partial charge is 0.394 e. The van der Waals surface area contributed by atoms with Gasteiger partial charge in [0.1, 0.15) is 6.33 Å². The summed E-state index contributed by atoms with van der Waals surface area (Å²) in [7, 11) is 0. The van der Waals surface area contributed by atoms with Crippen LogP contribution in [-0.2, 0) is 0 Å². The minimum Gasteiger partial charge on any atom is -0.394 e. The van der Waals surface area contributed by atoms with Gasteiger partial charge in [0.15, 0.2) is 5.82 Å². The number of aromatic nitrogens is 3. The summed E-state index contributed by atoms with van der Waals surface area (Å²) in [6.07, 6.45) is 4.69. The Labute approximate surface area is 114 Å². The third kappa shape index (κ3) is 2.15. The molecule has 0 bridgehead atoms. The smallest absolute Gasteiger partial charge is 0.157 e. The van der Waals surface area contributed by atoms with Crippen LogP contribution in [0.1, 0.15) is 0 Å². The summed E-state index contributed by atoms with van der Waals surface area (Å²) < 4.78 is 0. The van der Waals surface area contributed by atoms with E-state index in [1.807, 2.05) is 24.3 Å². The molecule has 0 aliphatic rings. The molecule has 6 heteroatoms. The zero-order valence-electron chi connectivity index (χ0n) is 9.84. The number of anilines is 3. The first-order valence-electron chi connectivity index (χ1n) is 5.61. The van der Waals surface area contributed by atoms with Gasteiger partial charge in [0.05, 0.1) is 28.1 Å². The maximum atomic E-state index is 6.15. The van der Waals surface area contributed by atoms with E-state index in [0.717, 1.165) is 16.6 Å². The second-order valence-electron chi connectivity index (χ2n) is 3.95. The molecular formula is C13H10ClN5. The molecule has 3 rings (SSSR count). The molecule has 2 heterocycles. The Morgan fingerprint density at radius 2 is 2.05 bits per heavy atom. The molecule has 0 radical (unpaired) electrons. The van der Waals surface area contributed by atoms with Crippen molar-refractivity contribution >= 4 is 39.7 Å². The molecule has 0 spiro atoms. The molecule has 3 aromatic rings. The molecule has 3 N–H and O–H groups in total. The molecule has 1 aromatic carbocycles. The summed E-state index contributed by atoms with van der Waals surface area (Å²) in [5.74, 6) is 0.546. The number of rotatable bonds is 2. The molecule has 0 saturated heterocycles. The van der Waals surface area contributed by atoms with Crippen molar-refractivity contribution in [3.8, 4) is 0 Å². The van der Waals surface area contributed by atoms with Gasteiger partial charge >= 0.3 is 0 Å². The number of halogens is 1. The van der Waals surface area contributed by atoms with Crippen molar-refractivity contribution in [2.45, 2.75) is 0 Å². The number of pyridine rings is 1. The van der Waals surface area contributed by atoms with Crippen LogP contribution in [0.4, 0.5) is 17.2 Å². The van der Waals surface area contributed by atoms with Gasteiger partial charge in [0, 0.05) is 11.6 Å². The molecule has 0 unspecified atom stereocenters. The Bertz CT molecular complexity index is 744. The first-order valence-corrected chi connectivity index (χ1v) is 5.99. The molecule has 0 aliphatic carbocycles. The maximum absolute atomic E-state index is 6.15. The average Bonchev–Trinajstić information content (AvgIpc) is 2.44. The fourth-order valence-corrected chi connectivity index (χ4v) is 2.03. The Hall–Kier alpha value is -2.40. The van der Waals surface area contributed by atoms with Gasteiger partial charge in [-0.15, -0.1) is 0 Å². The molecule has 94 valence electrons. The highest BCUT2D eigenvalue weighted by atomic mass is 35.5. The third-order valence-corrected chi connectivity index (χ3v) is 3.04. The fourth-order valence-electron chi connectivity index (χ4n) is 1.81. The van der Waals surface area contributed by atoms with Crippen molar-refractivity contribution in [2.24, 2.45) is 0 Å². The van der Waals surface area contributed by atoms with Crippen molar-refractivity contribution in [2.75, 3.05) is 11.1 Å². The number of nitrogens with one attached hydrogen (secondary N) is 1. The minimum absolute atomic E-state index is 0.474. The van der Waals surface area contributed by atoms with Gasteiger partial charge in [-0.1, -0.05) is 11.6 Å². The van der Waals surface area contributed by atoms with E-state index in [-0.39, 0.29) is 0 Å². The lowest BCUT2D eigenvalue weighted by molar-refractivity contribution is 1.17. The van der Waals surface area contributed by atoms with Crippen molar-refractivity contribution in [3.63, 3.8) is 0 Å². The van der Waals surface area contributed by atoms with Crippen molar-refractivity contribution in [1.82, 2.24) is 15.0 Å². The summed E-state index contributed by atoms with van der Waals surface area (Å²) in [5.41, 5.74) is 7.85. The Morgan fingerprint density at radius 3 is 2.89 bits per heavy atom. The fraction of sp³-hybridized carbons (Fsp3) is 0. The maximum Gasteiger partial charge on any atom is 0.157 e. The van der Waals surface area contributed by atoms with Crippen LogP contribution >= 0.6 is 11.6 Å². The second kappa shape index (κ2) is 4.70. The molecule has 2 aromatic heterocycles. The summed E-state index contributed by atoms with van der Waals surface area (Å²) in [6.45, 7) is 0. The predicted molar refractivity (Wildman–Crippen MR) is 76.5 cm³/mol. The van der Waals surface area contributed by atoms with Crippen LogP contribution in [0.5, 0.6) is 0 Å². The standard InChI is InChI=1S/C13H10ClN5/c14-9-3-4-11(12-8(9)2-1-5-17-12)19-13-10(15)6-16-7-18-13/h1-7H,15H2,(H,16,18,19). The number of fused-ring (bicyclic) bond motifs is 1. The summed E-state index contributed by atoms with van der Waals surface area (Å²) in [4.78, 5) is 12.3. The number of nitrogen functional groups attached to an aromatic ring is 1. The Kier molecular flexibility index (Phi) is 2.89. The minimum atomic E-state index is 0.474. The lowest BCUT2D eigenvalue weighted by Gasteiger charge is -2.10. The average molecular weight is 272 g/mol. The van der Waals surface area contributed by atoms with Crippen molar-refractivity contribution < 1.29 is 0 Å². The number of hydrogen-bond donors (Lipinski definition) is 2. The van der Waals surface area contributed by atoms with Crippen molar-refractivity contribution in [3.05, 3.63) is 48.0 Å². The SMILES string of the molecule is Nc1cncnc1Nc1ccc(Cl)c2cccnc12. The van der Waals surface area contributed by atoms with E-state index in [9.17, 15) is 0 Å². The third-order valence-electron chi connectivity index (χ3n) is 2.71. The van der Waals surface area contributed by atoms with Crippen LogP contribution in [0.15, 0.2) is 43.0 Å². The molecule has 5 nitrogen and oxygen atoms in total.